The van der Waals surface area contributed by atoms with Gasteiger partial charge in [-0.05, 0) is 18.2 Å². The maximum Gasteiger partial charge on any atom is 0.253 e. The molecule has 1 amide bonds. The molecule has 0 aliphatic carbocycles. The average Bonchev–Trinajstić information content (AvgIpc) is 2.72. The third kappa shape index (κ3) is 2.89. The highest BCUT2D eigenvalue weighted by Crippen LogP contribution is 2.18. The smallest absolute Gasteiger partial charge is 0.253 e. The van der Waals surface area contributed by atoms with Crippen LogP contribution in [0.1, 0.15) is 15.9 Å². The van der Waals surface area contributed by atoms with Gasteiger partial charge in [-0.2, -0.15) is 5.10 Å². The van der Waals surface area contributed by atoms with Gasteiger partial charge < -0.3 is 11.1 Å². The number of rotatable bonds is 3. The lowest BCUT2D eigenvalue weighted by atomic mass is 10.1. The number of anilines is 1. The predicted octanol–water partition coefficient (Wildman–Crippen LogP) is 1.69. The second-order valence-electron chi connectivity index (χ2n) is 3.94. The molecule has 0 aliphatic heterocycles. The molecule has 0 bridgehead atoms. The lowest BCUT2D eigenvalue weighted by Gasteiger charge is -2.06. The minimum absolute atomic E-state index is 0.191. The number of nitrogens with zero attached hydrogens (tertiary/aromatic N) is 2. The van der Waals surface area contributed by atoms with Crippen LogP contribution in [0, 0.1) is 0 Å². The Hall–Kier alpha value is -1.82. The molecule has 0 saturated carbocycles. The Kier molecular flexibility index (Phi) is 3.66. The van der Waals surface area contributed by atoms with Gasteiger partial charge in [-0.15, -0.1) is 0 Å². The van der Waals surface area contributed by atoms with E-state index in [1.54, 1.807) is 29.1 Å². The number of hydrogen-bond donors (Lipinski definition) is 2. The first-order valence-electron chi connectivity index (χ1n) is 5.37. The first-order chi connectivity index (χ1) is 8.56. The predicted molar refractivity (Wildman–Crippen MR) is 72.9 cm³/mol. The van der Waals surface area contributed by atoms with E-state index in [0.29, 0.717) is 17.8 Å². The molecule has 1 aromatic carbocycles. The van der Waals surface area contributed by atoms with Crippen molar-refractivity contribution in [1.29, 1.82) is 0 Å². The molecule has 0 fully saturated rings. The van der Waals surface area contributed by atoms with Crippen LogP contribution in [0.15, 0.2) is 35.1 Å². The fourth-order valence-electron chi connectivity index (χ4n) is 1.58. The highest BCUT2D eigenvalue weighted by molar-refractivity contribution is 9.10. The van der Waals surface area contributed by atoms with Crippen molar-refractivity contribution in [2.75, 3.05) is 5.73 Å². The second-order valence-corrected chi connectivity index (χ2v) is 4.85. The Labute approximate surface area is 113 Å². The highest BCUT2D eigenvalue weighted by atomic mass is 79.9. The summed E-state index contributed by atoms with van der Waals surface area (Å²) in [7, 11) is 1.83. The maximum atomic E-state index is 11.9. The fraction of sp³-hybridized carbons (Fsp3) is 0.167. The normalized spacial score (nSPS) is 10.3. The van der Waals surface area contributed by atoms with E-state index in [1.807, 2.05) is 13.2 Å². The van der Waals surface area contributed by atoms with Gasteiger partial charge in [0.2, 0.25) is 0 Å². The molecule has 0 radical (unpaired) electrons. The lowest BCUT2D eigenvalue weighted by molar-refractivity contribution is 0.0952. The number of carbonyl (C=O) groups is 1. The molecule has 0 atom stereocenters. The van der Waals surface area contributed by atoms with E-state index in [-0.39, 0.29) is 5.91 Å². The zero-order valence-corrected chi connectivity index (χ0v) is 11.4. The molecule has 6 heteroatoms. The van der Waals surface area contributed by atoms with Crippen LogP contribution in [0.25, 0.3) is 0 Å². The van der Waals surface area contributed by atoms with Gasteiger partial charge in [0, 0.05) is 35.5 Å². The zero-order valence-electron chi connectivity index (χ0n) is 9.85. The van der Waals surface area contributed by atoms with Gasteiger partial charge in [0.05, 0.1) is 11.8 Å². The Morgan fingerprint density at radius 1 is 1.56 bits per heavy atom. The lowest BCUT2D eigenvalue weighted by Crippen LogP contribution is -2.23. The number of aromatic nitrogens is 2. The number of amides is 1. The Morgan fingerprint density at radius 2 is 2.33 bits per heavy atom. The minimum atomic E-state index is -0.191. The third-order valence-corrected chi connectivity index (χ3v) is 2.96. The molecule has 1 aromatic heterocycles. The molecule has 0 saturated heterocycles. The summed E-state index contributed by atoms with van der Waals surface area (Å²) in [6.45, 7) is 0.433. The molecular weight excluding hydrogens is 296 g/mol. The topological polar surface area (TPSA) is 72.9 Å². The molecule has 5 nitrogen and oxygen atoms in total. The molecule has 2 aromatic rings. The summed E-state index contributed by atoms with van der Waals surface area (Å²) in [5.41, 5.74) is 7.66. The van der Waals surface area contributed by atoms with Crippen LogP contribution in [-0.2, 0) is 13.6 Å². The van der Waals surface area contributed by atoms with Crippen molar-refractivity contribution < 1.29 is 4.79 Å². The monoisotopic (exact) mass is 308 g/mol. The molecular formula is C12H13BrN4O. The Morgan fingerprint density at radius 3 is 2.94 bits per heavy atom. The minimum Gasteiger partial charge on any atom is -0.398 e. The van der Waals surface area contributed by atoms with Gasteiger partial charge in [0.25, 0.3) is 5.91 Å². The van der Waals surface area contributed by atoms with Gasteiger partial charge in [-0.1, -0.05) is 15.9 Å². The molecule has 0 unspecified atom stereocenters. The van der Waals surface area contributed by atoms with Crippen LogP contribution in [0.5, 0.6) is 0 Å². The van der Waals surface area contributed by atoms with Gasteiger partial charge in [-0.3, -0.25) is 9.48 Å². The fourth-order valence-corrected chi connectivity index (χ4v) is 1.96. The summed E-state index contributed by atoms with van der Waals surface area (Å²) in [5, 5.41) is 6.83. The van der Waals surface area contributed by atoms with Crippen molar-refractivity contribution in [2.45, 2.75) is 6.54 Å². The zero-order chi connectivity index (χ0) is 13.1. The van der Waals surface area contributed by atoms with E-state index >= 15 is 0 Å². The van der Waals surface area contributed by atoms with Crippen LogP contribution in [0.4, 0.5) is 5.69 Å². The Bertz CT molecular complexity index is 579. The van der Waals surface area contributed by atoms with Crippen molar-refractivity contribution in [1.82, 2.24) is 15.1 Å². The third-order valence-electron chi connectivity index (χ3n) is 2.47. The van der Waals surface area contributed by atoms with E-state index in [2.05, 4.69) is 26.3 Å². The van der Waals surface area contributed by atoms with Crippen LogP contribution in [-0.4, -0.2) is 15.7 Å². The van der Waals surface area contributed by atoms with Crippen LogP contribution in [0.3, 0.4) is 0 Å². The number of hydrogen-bond acceptors (Lipinski definition) is 3. The van der Waals surface area contributed by atoms with E-state index < -0.39 is 0 Å². The van der Waals surface area contributed by atoms with E-state index in [0.717, 1.165) is 10.0 Å². The summed E-state index contributed by atoms with van der Waals surface area (Å²) in [4.78, 5) is 11.9. The highest BCUT2D eigenvalue weighted by Gasteiger charge is 2.09. The molecule has 94 valence electrons. The van der Waals surface area contributed by atoms with Gasteiger partial charge >= 0.3 is 0 Å². The van der Waals surface area contributed by atoms with E-state index in [9.17, 15) is 4.79 Å². The molecule has 1 heterocycles. The van der Waals surface area contributed by atoms with Gasteiger partial charge in [-0.25, -0.2) is 0 Å². The number of aryl methyl sites for hydroxylation is 1. The van der Waals surface area contributed by atoms with Gasteiger partial charge in [0.1, 0.15) is 0 Å². The van der Waals surface area contributed by atoms with Crippen molar-refractivity contribution in [3.05, 3.63) is 46.2 Å². The first-order valence-corrected chi connectivity index (χ1v) is 6.16. The summed E-state index contributed by atoms with van der Waals surface area (Å²) in [6.07, 6.45) is 3.57. The second kappa shape index (κ2) is 5.22. The number of carbonyl (C=O) groups excluding carboxylic acids is 1. The van der Waals surface area contributed by atoms with Crippen molar-refractivity contribution in [2.24, 2.45) is 7.05 Å². The van der Waals surface area contributed by atoms with Crippen molar-refractivity contribution >= 4 is 27.5 Å². The number of nitrogens with one attached hydrogen (secondary N) is 1. The molecule has 3 N–H and O–H groups in total. The maximum absolute atomic E-state index is 11.9. The van der Waals surface area contributed by atoms with Crippen LogP contribution in [0.2, 0.25) is 0 Å². The van der Waals surface area contributed by atoms with Gasteiger partial charge in [0.15, 0.2) is 0 Å². The SMILES string of the molecule is Cn1cc(CNC(=O)c2ccc(Br)cc2N)cn1. The number of halogens is 1. The Balaban J connectivity index is 2.03. The quantitative estimate of drug-likeness (QED) is 0.848. The number of nitrogens with two attached hydrogens (primary N) is 1. The molecule has 0 spiro atoms. The summed E-state index contributed by atoms with van der Waals surface area (Å²) >= 11 is 3.30. The number of nitrogen functional groups attached to an aromatic ring is 1. The summed E-state index contributed by atoms with van der Waals surface area (Å²) < 4.78 is 2.54. The number of benzene rings is 1. The molecule has 18 heavy (non-hydrogen) atoms. The van der Waals surface area contributed by atoms with Crippen LogP contribution >= 0.6 is 15.9 Å². The van der Waals surface area contributed by atoms with Crippen molar-refractivity contribution in [3.8, 4) is 0 Å². The van der Waals surface area contributed by atoms with E-state index in [4.69, 9.17) is 5.73 Å². The van der Waals surface area contributed by atoms with E-state index in [1.165, 1.54) is 0 Å². The van der Waals surface area contributed by atoms with Crippen LogP contribution < -0.4 is 11.1 Å². The standard InChI is InChI=1S/C12H13BrN4O/c1-17-7-8(6-16-17)5-15-12(18)10-3-2-9(13)4-11(10)14/h2-4,6-7H,5,14H2,1H3,(H,15,18). The molecule has 2 rings (SSSR count). The average molecular weight is 309 g/mol. The summed E-state index contributed by atoms with van der Waals surface area (Å²) in [6, 6.07) is 5.19. The first kappa shape index (κ1) is 12.6. The van der Waals surface area contributed by atoms with Crippen molar-refractivity contribution in [3.63, 3.8) is 0 Å². The molecule has 0 aliphatic rings. The largest absolute Gasteiger partial charge is 0.398 e. The summed E-state index contributed by atoms with van der Waals surface area (Å²) in [5.74, 6) is -0.191.